The van der Waals surface area contributed by atoms with E-state index in [1.54, 1.807) is 6.92 Å². The van der Waals surface area contributed by atoms with Crippen LogP contribution in [0.25, 0.3) is 0 Å². The number of ether oxygens (including phenoxy) is 1. The molecule has 0 radical (unpaired) electrons. The number of amides is 1. The Morgan fingerprint density at radius 2 is 1.83 bits per heavy atom. The van der Waals surface area contributed by atoms with Gasteiger partial charge in [0, 0.05) is 11.6 Å². The van der Waals surface area contributed by atoms with Gasteiger partial charge in [-0.05, 0) is 42.8 Å². The van der Waals surface area contributed by atoms with Crippen molar-refractivity contribution in [1.82, 2.24) is 4.72 Å². The monoisotopic (exact) mass is 484 g/mol. The second-order valence-corrected chi connectivity index (χ2v) is 8.63. The lowest BCUT2D eigenvalue weighted by molar-refractivity contribution is -0.137. The maximum atomic E-state index is 13.1. The summed E-state index contributed by atoms with van der Waals surface area (Å²) in [7, 11) is -3.74. The van der Waals surface area contributed by atoms with Crippen LogP contribution in [0.5, 0.6) is 5.75 Å². The third kappa shape index (κ3) is 6.49. The Labute approximate surface area is 181 Å². The molecular formula is C18H17Cl2F3N2O4S. The summed E-state index contributed by atoms with van der Waals surface area (Å²) >= 11 is 11.6. The minimum atomic E-state index is -4.72. The van der Waals surface area contributed by atoms with Crippen LogP contribution < -0.4 is 14.8 Å². The fraction of sp³-hybridized carbons (Fsp3) is 0.278. The Morgan fingerprint density at radius 1 is 1.13 bits per heavy atom. The molecule has 164 valence electrons. The number of anilines is 1. The predicted octanol–water partition coefficient (Wildman–Crippen LogP) is 4.72. The molecule has 2 N–H and O–H groups in total. The molecule has 2 aromatic carbocycles. The number of rotatable bonds is 8. The van der Waals surface area contributed by atoms with E-state index in [-0.39, 0.29) is 27.2 Å². The third-order valence-corrected chi connectivity index (χ3v) is 5.66. The van der Waals surface area contributed by atoms with Gasteiger partial charge in [0.05, 0.1) is 21.2 Å². The average Bonchev–Trinajstić information content (AvgIpc) is 2.66. The summed E-state index contributed by atoms with van der Waals surface area (Å²) in [6.45, 7) is 1.40. The van der Waals surface area contributed by atoms with E-state index in [1.165, 1.54) is 18.2 Å². The van der Waals surface area contributed by atoms with E-state index < -0.39 is 40.0 Å². The smallest absolute Gasteiger partial charge is 0.418 e. The number of carbonyl (C=O) groups excluding carboxylic acids is 1. The number of benzene rings is 2. The number of nitrogens with one attached hydrogen (secondary N) is 2. The van der Waals surface area contributed by atoms with Crippen molar-refractivity contribution < 1.29 is 31.1 Å². The summed E-state index contributed by atoms with van der Waals surface area (Å²) in [6.07, 6.45) is -4.11. The molecule has 30 heavy (non-hydrogen) atoms. The summed E-state index contributed by atoms with van der Waals surface area (Å²) in [4.78, 5) is 11.9. The molecule has 0 aliphatic rings. The second kappa shape index (κ2) is 9.86. The average molecular weight is 485 g/mol. The molecule has 0 spiro atoms. The summed E-state index contributed by atoms with van der Waals surface area (Å²) < 4.78 is 71.0. The van der Waals surface area contributed by atoms with Gasteiger partial charge < -0.3 is 10.1 Å². The molecule has 0 aliphatic heterocycles. The number of hydrogen-bond donors (Lipinski definition) is 2. The SMILES string of the molecule is CCCNS(=O)(=O)c1ccc(OCC(=O)Nc2ccc(Cl)cc2C(F)(F)F)c(Cl)c1. The van der Waals surface area contributed by atoms with Gasteiger partial charge in [0.15, 0.2) is 6.61 Å². The van der Waals surface area contributed by atoms with Crippen molar-refractivity contribution in [3.8, 4) is 5.75 Å². The van der Waals surface area contributed by atoms with E-state index in [0.717, 1.165) is 12.1 Å². The number of alkyl halides is 3. The Kier molecular flexibility index (Phi) is 7.98. The zero-order valence-electron chi connectivity index (χ0n) is 15.5. The number of halogens is 5. The van der Waals surface area contributed by atoms with Gasteiger partial charge in [-0.3, -0.25) is 4.79 Å². The predicted molar refractivity (Wildman–Crippen MR) is 108 cm³/mol. The second-order valence-electron chi connectivity index (χ2n) is 6.01. The highest BCUT2D eigenvalue weighted by molar-refractivity contribution is 7.89. The van der Waals surface area contributed by atoms with Crippen LogP contribution in [0.15, 0.2) is 41.3 Å². The molecule has 12 heteroatoms. The number of hydrogen-bond acceptors (Lipinski definition) is 4. The lowest BCUT2D eigenvalue weighted by Gasteiger charge is -2.15. The highest BCUT2D eigenvalue weighted by Gasteiger charge is 2.34. The van der Waals surface area contributed by atoms with E-state index in [2.05, 4.69) is 10.0 Å². The Balaban J connectivity index is 2.07. The fourth-order valence-electron chi connectivity index (χ4n) is 2.28. The molecule has 0 saturated heterocycles. The van der Waals surface area contributed by atoms with Crippen LogP contribution >= 0.6 is 23.2 Å². The lowest BCUT2D eigenvalue weighted by atomic mass is 10.1. The third-order valence-electron chi connectivity index (χ3n) is 3.68. The number of sulfonamides is 1. The molecule has 0 atom stereocenters. The van der Waals surface area contributed by atoms with Crippen LogP contribution in [-0.2, 0) is 21.0 Å². The molecule has 0 aliphatic carbocycles. The summed E-state index contributed by atoms with van der Waals surface area (Å²) in [5.41, 5.74) is -1.58. The van der Waals surface area contributed by atoms with Crippen LogP contribution in [0.4, 0.5) is 18.9 Å². The van der Waals surface area contributed by atoms with Gasteiger partial charge in [-0.1, -0.05) is 30.1 Å². The van der Waals surface area contributed by atoms with Crippen LogP contribution in [0, 0.1) is 0 Å². The fourth-order valence-corrected chi connectivity index (χ4v) is 3.91. The van der Waals surface area contributed by atoms with Gasteiger partial charge in [0.2, 0.25) is 10.0 Å². The normalized spacial score (nSPS) is 11.9. The Hall–Kier alpha value is -2.01. The molecule has 0 aromatic heterocycles. The zero-order chi connectivity index (χ0) is 22.5. The van der Waals surface area contributed by atoms with E-state index >= 15 is 0 Å². The highest BCUT2D eigenvalue weighted by atomic mass is 35.5. The van der Waals surface area contributed by atoms with Crippen LogP contribution in [-0.4, -0.2) is 27.5 Å². The Bertz CT molecular complexity index is 1030. The first-order valence-electron chi connectivity index (χ1n) is 8.52. The molecule has 0 saturated carbocycles. The first-order valence-corrected chi connectivity index (χ1v) is 10.8. The maximum Gasteiger partial charge on any atom is 0.418 e. The molecule has 2 rings (SSSR count). The van der Waals surface area contributed by atoms with Crippen LogP contribution in [0.2, 0.25) is 10.0 Å². The summed E-state index contributed by atoms with van der Waals surface area (Å²) in [5, 5.41) is 1.89. The molecule has 6 nitrogen and oxygen atoms in total. The Morgan fingerprint density at radius 3 is 2.43 bits per heavy atom. The summed E-state index contributed by atoms with van der Waals surface area (Å²) in [6, 6.07) is 6.56. The van der Waals surface area contributed by atoms with Crippen molar-refractivity contribution in [1.29, 1.82) is 0 Å². The van der Waals surface area contributed by atoms with Crippen LogP contribution in [0.3, 0.4) is 0 Å². The van der Waals surface area contributed by atoms with E-state index in [4.69, 9.17) is 27.9 Å². The van der Waals surface area contributed by atoms with E-state index in [0.29, 0.717) is 12.5 Å². The first kappa shape index (κ1) is 24.3. The van der Waals surface area contributed by atoms with Gasteiger partial charge >= 0.3 is 6.18 Å². The lowest BCUT2D eigenvalue weighted by Crippen LogP contribution is -2.24. The summed E-state index contributed by atoms with van der Waals surface area (Å²) in [5.74, 6) is -0.881. The molecule has 0 unspecified atom stereocenters. The topological polar surface area (TPSA) is 84.5 Å². The highest BCUT2D eigenvalue weighted by Crippen LogP contribution is 2.36. The maximum absolute atomic E-state index is 13.1. The van der Waals surface area contributed by atoms with Crippen molar-refractivity contribution in [2.45, 2.75) is 24.4 Å². The molecule has 2 aromatic rings. The number of carbonyl (C=O) groups is 1. The standard InChI is InChI=1S/C18H17Cl2F3N2O4S/c1-2-7-24-30(27,28)12-4-6-16(14(20)9-12)29-10-17(26)25-15-5-3-11(19)8-13(15)18(21,22)23/h3-6,8-9,24H,2,7,10H2,1H3,(H,25,26). The van der Waals surface area contributed by atoms with Crippen LogP contribution in [0.1, 0.15) is 18.9 Å². The molecule has 0 fully saturated rings. The van der Waals surface area contributed by atoms with E-state index in [1.807, 2.05) is 0 Å². The van der Waals surface area contributed by atoms with Crippen molar-refractivity contribution in [3.63, 3.8) is 0 Å². The van der Waals surface area contributed by atoms with Gasteiger partial charge in [-0.25, -0.2) is 13.1 Å². The molecule has 0 heterocycles. The van der Waals surface area contributed by atoms with Gasteiger partial charge in [0.1, 0.15) is 5.75 Å². The minimum absolute atomic E-state index is 0.00610. The van der Waals surface area contributed by atoms with Gasteiger partial charge in [-0.2, -0.15) is 13.2 Å². The van der Waals surface area contributed by atoms with Crippen molar-refractivity contribution >= 4 is 44.8 Å². The van der Waals surface area contributed by atoms with Crippen molar-refractivity contribution in [3.05, 3.63) is 52.0 Å². The largest absolute Gasteiger partial charge is 0.482 e. The van der Waals surface area contributed by atoms with Gasteiger partial charge in [-0.15, -0.1) is 0 Å². The quantitative estimate of drug-likeness (QED) is 0.567. The molecular weight excluding hydrogens is 468 g/mol. The van der Waals surface area contributed by atoms with Crippen molar-refractivity contribution in [2.24, 2.45) is 0 Å². The first-order chi connectivity index (χ1) is 13.9. The molecule has 0 bridgehead atoms. The van der Waals surface area contributed by atoms with Gasteiger partial charge in [0.25, 0.3) is 5.91 Å². The minimum Gasteiger partial charge on any atom is -0.482 e. The van der Waals surface area contributed by atoms with Crippen molar-refractivity contribution in [2.75, 3.05) is 18.5 Å². The molecule has 1 amide bonds. The van der Waals surface area contributed by atoms with E-state index in [9.17, 15) is 26.4 Å². The zero-order valence-corrected chi connectivity index (χ0v) is 17.8.